The highest BCUT2D eigenvalue weighted by molar-refractivity contribution is 7.13. The number of hydrogen-bond acceptors (Lipinski definition) is 26. The van der Waals surface area contributed by atoms with Crippen molar-refractivity contribution < 1.29 is 95.9 Å². The topological polar surface area (TPSA) is 488 Å². The molecule has 0 saturated carbocycles. The van der Waals surface area contributed by atoms with E-state index in [1.165, 1.54) is 34.1 Å². The van der Waals surface area contributed by atoms with Crippen molar-refractivity contribution in [3.8, 4) is 26.6 Å². The van der Waals surface area contributed by atoms with Gasteiger partial charge in [0, 0.05) is 96.3 Å². The minimum atomic E-state index is -1.07. The van der Waals surface area contributed by atoms with E-state index in [1.807, 2.05) is 103 Å². The number of aliphatic hydroxyl groups is 3. The number of nitrogens with two attached hydrogens (primary N) is 3. The number of amides is 9. The third-order valence-electron chi connectivity index (χ3n) is 21.9. The molecule has 2 fully saturated rings. The van der Waals surface area contributed by atoms with Crippen LogP contribution in [-0.4, -0.2) is 212 Å². The number of halogens is 3. The zero-order valence-corrected chi connectivity index (χ0v) is 82.6. The lowest BCUT2D eigenvalue weighted by molar-refractivity contribution is -0.384. The number of carbonyl (C=O) groups is 10. The van der Waals surface area contributed by atoms with Crippen LogP contribution < -0.4 is 58.3 Å². The maximum Gasteiger partial charge on any atom is 0.409 e. The molecule has 4 heterocycles. The molecule has 9 amide bonds. The number of likely N-dealkylation sites (tertiary alicyclic amines) is 2. The van der Waals surface area contributed by atoms with Crippen molar-refractivity contribution >= 4 is 110 Å². The normalized spacial score (nSPS) is 16.1. The van der Waals surface area contributed by atoms with Gasteiger partial charge in [0.2, 0.25) is 35.4 Å². The summed E-state index contributed by atoms with van der Waals surface area (Å²) in [4.78, 5) is 151. The van der Waals surface area contributed by atoms with Crippen LogP contribution in [0.2, 0.25) is 0 Å². The fourth-order valence-corrected chi connectivity index (χ4v) is 16.3. The van der Waals surface area contributed by atoms with Crippen molar-refractivity contribution in [2.75, 3.05) is 63.3 Å². The van der Waals surface area contributed by atoms with Crippen molar-refractivity contribution in [1.82, 2.24) is 46.4 Å². The summed E-state index contributed by atoms with van der Waals surface area (Å²) in [5.74, 6) is -3.08. The van der Waals surface area contributed by atoms with Gasteiger partial charge in [-0.3, -0.25) is 38.9 Å². The number of nitrogens with zero attached hydrogens (tertiary/aromatic N) is 7. The van der Waals surface area contributed by atoms with Crippen LogP contribution in [0.25, 0.3) is 20.9 Å². The van der Waals surface area contributed by atoms with Crippen LogP contribution in [0.3, 0.4) is 0 Å². The lowest BCUT2D eigenvalue weighted by atomic mass is 9.85. The largest absolute Gasteiger partial charge is 0.450 e. The second-order valence-corrected chi connectivity index (χ2v) is 39.7. The first kappa shape index (κ1) is 112. The minimum Gasteiger partial charge on any atom is -0.450 e. The number of anilines is 2. The molecular weight excluding hydrogens is 1800 g/mol. The Kier molecular flexibility index (Phi) is 43.2. The summed E-state index contributed by atoms with van der Waals surface area (Å²) >= 11 is 8.08. The Hall–Kier alpha value is -11.6. The number of thiazole rings is 2. The van der Waals surface area contributed by atoms with Gasteiger partial charge in [-0.2, -0.15) is 0 Å². The Balaban J connectivity index is 0.000000318. The van der Waals surface area contributed by atoms with E-state index >= 15 is 4.39 Å². The molecule has 39 heteroatoms. The minimum absolute atomic E-state index is 0.00608. The molecule has 9 rings (SSSR count). The van der Waals surface area contributed by atoms with Crippen molar-refractivity contribution in [2.24, 2.45) is 28.0 Å². The number of likely N-dealkylation sites (N-methyl/N-ethyl adjacent to an activating group) is 2. The summed E-state index contributed by atoms with van der Waals surface area (Å²) in [5.41, 5.74) is 24.3. The number of hydrogen-bond donors (Lipinski definition) is 11. The van der Waals surface area contributed by atoms with Crippen LogP contribution in [-0.2, 0) is 55.8 Å². The maximum absolute atomic E-state index is 15.8. The molecule has 0 spiro atoms. The zero-order valence-electron chi connectivity index (χ0n) is 80.2. The first-order valence-electron chi connectivity index (χ1n) is 44.7. The van der Waals surface area contributed by atoms with Gasteiger partial charge in [-0.25, -0.2) is 37.9 Å². The van der Waals surface area contributed by atoms with Crippen molar-refractivity contribution in [2.45, 2.75) is 260 Å². The third-order valence-corrected chi connectivity index (χ3v) is 23.9. The molecule has 0 radical (unpaired) electrons. The monoisotopic (exact) mass is 1940 g/mol. The van der Waals surface area contributed by atoms with Gasteiger partial charge in [-0.1, -0.05) is 114 Å². The lowest BCUT2D eigenvalue weighted by Crippen LogP contribution is -2.58. The number of aryl methyl sites for hydroxylation is 4. The van der Waals surface area contributed by atoms with E-state index in [4.69, 9.17) is 48.1 Å². The molecule has 2 saturated heterocycles. The first-order valence-corrected chi connectivity index (χ1v) is 46.8. The molecular formula is C96H134ClF2N15O19S2. The Bertz CT molecular complexity index is 5100. The van der Waals surface area contributed by atoms with E-state index in [1.54, 1.807) is 151 Å². The number of aliphatic hydroxyl groups excluding tert-OH is 3. The van der Waals surface area contributed by atoms with E-state index in [0.29, 0.717) is 67.4 Å². The van der Waals surface area contributed by atoms with E-state index in [2.05, 4.69) is 41.3 Å². The summed E-state index contributed by atoms with van der Waals surface area (Å²) in [6.07, 6.45) is 0.311. The molecule has 740 valence electrons. The summed E-state index contributed by atoms with van der Waals surface area (Å²) in [7, 11) is 3.41. The van der Waals surface area contributed by atoms with Gasteiger partial charge in [-0.15, -0.1) is 22.7 Å². The Morgan fingerprint density at radius 2 is 0.985 bits per heavy atom. The van der Waals surface area contributed by atoms with E-state index in [0.717, 1.165) is 43.4 Å². The van der Waals surface area contributed by atoms with Gasteiger partial charge in [0.25, 0.3) is 5.69 Å². The number of nitro benzene ring substituents is 1. The number of aromatic nitrogens is 2. The van der Waals surface area contributed by atoms with Gasteiger partial charge in [-0.05, 0) is 189 Å². The molecule has 34 nitrogen and oxygen atoms in total. The molecule has 135 heavy (non-hydrogen) atoms. The molecule has 0 bridgehead atoms. The number of rotatable bonds is 36. The van der Waals surface area contributed by atoms with Crippen molar-refractivity contribution in [3.05, 3.63) is 176 Å². The van der Waals surface area contributed by atoms with Gasteiger partial charge >= 0.3 is 23.7 Å². The summed E-state index contributed by atoms with van der Waals surface area (Å²) < 4.78 is 51.2. The highest BCUT2D eigenvalue weighted by atomic mass is 35.5. The van der Waals surface area contributed by atoms with Gasteiger partial charge in [0.1, 0.15) is 46.7 Å². The number of unbranched alkanes of at least 4 members (excludes halogenated alkanes) is 2. The van der Waals surface area contributed by atoms with Crippen LogP contribution in [0, 0.1) is 46.4 Å². The number of β-amino-alcohol motifs (C(OH)–C–C–N with tert-alkyl or cyclic N) is 2. The average molecular weight is 1940 g/mol. The molecule has 7 aromatic rings. The lowest BCUT2D eigenvalue weighted by Gasteiger charge is -2.35. The van der Waals surface area contributed by atoms with E-state index < -0.39 is 129 Å². The number of primary amides is 2. The fourth-order valence-electron chi connectivity index (χ4n) is 14.6. The van der Waals surface area contributed by atoms with Crippen molar-refractivity contribution in [1.29, 1.82) is 0 Å². The average Bonchev–Trinajstić information content (AvgIpc) is 1.67. The molecule has 2 aliphatic heterocycles. The van der Waals surface area contributed by atoms with E-state index in [9.17, 15) is 72.7 Å². The van der Waals surface area contributed by atoms with Gasteiger partial charge in [0.15, 0.2) is 0 Å². The van der Waals surface area contributed by atoms with Crippen LogP contribution in [0.4, 0.5) is 45.0 Å². The van der Waals surface area contributed by atoms with Crippen LogP contribution >= 0.6 is 34.3 Å². The van der Waals surface area contributed by atoms with Crippen LogP contribution in [0.5, 0.6) is 5.75 Å². The number of non-ortho nitro benzene ring substituents is 1. The van der Waals surface area contributed by atoms with Crippen molar-refractivity contribution in [3.63, 3.8) is 0 Å². The number of nitro groups is 1. The number of nitrogens with one attached hydrogen (secondary N) is 5. The Morgan fingerprint density at radius 1 is 0.578 bits per heavy atom. The SMILES string of the molecule is CN(C[C@H](CCC(N)=O)NC(=O)OC(C)(C)C)c1cccc(CCCCO)c1F.Cc1ncsc1-c1ccc([C@H](C)NC(=O)[C@@H]2C[C@@H](O)CN2C(=O)[C@@H](N)C(C)(C)C)cc1.Cc1ncsc1-c1ccc([C@H](C)NC(=O)[C@@H]2C[C@@H](O)CN2C(=O)[C@@H](NC(=O)OCCCCc2cccc(N(C)C[C@H](CCC(N)=O)NC(=O)OC(C)(C)C)c2F)C(C)(C)C)cc1.O=C(Cl)Oc1ccc([N+](=O)[O-])cc1. The fraction of sp³-hybridized carbons (Fsp3) is 0.521. The first-order chi connectivity index (χ1) is 63.1. The second kappa shape index (κ2) is 52.0. The highest BCUT2D eigenvalue weighted by Gasteiger charge is 2.46. The standard InChI is InChI=1S/C45H64FN7O8S.C23H32N4O3S.C21H34FN3O4.C7H4ClNO4/c1-27(29-16-18-31(19-17-29)38-28(2)48-26-62-38)49-40(56)35-23-33(54)25-53(35)41(57)39(44(3,4)5)51-42(58)60-22-11-10-13-30-14-12-15-34(37(30)46)52(9)24-32(20-21-36(47)55)50-43(59)61-45(6,7)8;1-13(15-6-8-16(9-7-15)19-14(2)25-12-31-19)26-21(29)18-10-17(28)11-27(18)22(30)20(24)23(3,4)5;1-21(2,3)29-20(28)24-16(11-12-18(23)27)14-25(4)17-10-7-9-15(19(17)22)8-5-6-13-26;8-7(10)13-6-3-1-5(2-4-6)9(11)12/h12,14-19,26-27,32-33,35,39,54H,10-11,13,20-25H2,1-9H3,(H2,47,55)(H,49,56)(H,50,59)(H,51,58);6-9,12-13,17-18,20,28H,10-11,24H2,1-5H3,(H,26,29);7,9-10,16,26H,5-6,8,11-14H2,1-4H3,(H2,23,27)(H,24,28);1-4H/t27-,32-,33+,35-,39+;13-,17+,18-,20+;16-;/m000./s1. The van der Waals surface area contributed by atoms with Gasteiger partial charge in [0.05, 0.1) is 97.5 Å². The molecule has 14 N–H and O–H groups in total. The molecule has 2 aliphatic rings. The molecule has 5 aromatic carbocycles. The number of ether oxygens (including phenoxy) is 4. The van der Waals surface area contributed by atoms with Crippen LogP contribution in [0.15, 0.2) is 120 Å². The van der Waals surface area contributed by atoms with Crippen LogP contribution in [0.1, 0.15) is 207 Å². The number of benzene rings is 5. The molecule has 2 aromatic heterocycles. The second-order valence-electron chi connectivity index (χ2n) is 37.6. The highest BCUT2D eigenvalue weighted by Crippen LogP contribution is 2.35. The Labute approximate surface area is 801 Å². The predicted octanol–water partition coefficient (Wildman–Crippen LogP) is 13.9. The predicted molar refractivity (Wildman–Crippen MR) is 516 cm³/mol. The summed E-state index contributed by atoms with van der Waals surface area (Å²) in [5, 5.41) is 54.0. The third kappa shape index (κ3) is 36.9. The maximum atomic E-state index is 15.8. The smallest absolute Gasteiger partial charge is 0.409 e. The van der Waals surface area contributed by atoms with E-state index in [-0.39, 0.29) is 113 Å². The zero-order chi connectivity index (χ0) is 101. The quantitative estimate of drug-likeness (QED) is 0.00571. The molecule has 0 unspecified atom stereocenters. The number of carbonyl (C=O) groups excluding carboxylic acids is 10. The number of alkyl carbamates (subject to hydrolysis) is 3. The molecule has 10 atom stereocenters. The summed E-state index contributed by atoms with van der Waals surface area (Å²) in [6, 6.07) is 26.0. The Morgan fingerprint density at radius 3 is 1.34 bits per heavy atom. The van der Waals surface area contributed by atoms with Gasteiger partial charge < -0.3 is 97.7 Å². The molecule has 0 aliphatic carbocycles. The summed E-state index contributed by atoms with van der Waals surface area (Å²) in [6.45, 7) is 29.8.